The Labute approximate surface area is 263 Å². The minimum atomic E-state index is -3.75. The topological polar surface area (TPSA) is 120 Å². The number of hydrogen-bond donors (Lipinski definition) is 3. The first-order chi connectivity index (χ1) is 21.6. The van der Waals surface area contributed by atoms with E-state index in [2.05, 4.69) is 32.4 Å². The number of amidine groups is 1. The molecule has 0 aliphatic carbocycles. The van der Waals surface area contributed by atoms with Gasteiger partial charge in [-0.05, 0) is 54.0 Å². The number of nitrogens with two attached hydrogens (primary N) is 1. The molecule has 0 saturated carbocycles. The van der Waals surface area contributed by atoms with Crippen molar-refractivity contribution < 1.29 is 8.42 Å². The van der Waals surface area contributed by atoms with E-state index < -0.39 is 10.0 Å². The number of nitrogens with zero attached hydrogens (tertiary/aromatic N) is 4. The maximum Gasteiger partial charge on any atom is 0.241 e. The standard InChI is InChI=1S/C35H37N7O2S/c1-40(2)31-10-4-9-29-28(31)8-5-11-33(29)45(43,44)38-22-25-7-6-20-42(23-25)27-17-18-32-30(21-27)39-34(41(32)3)19-14-24-12-15-26(16-13-24)35(36)37/h4-13,15-18,20-21,38H,14,19,22-23H2,1-3H3,(H3,36,37). The van der Waals surface area contributed by atoms with Crippen molar-refractivity contribution in [2.75, 3.05) is 37.0 Å². The average Bonchev–Trinajstić information content (AvgIpc) is 3.36. The number of anilines is 2. The Morgan fingerprint density at radius 1 is 1.00 bits per heavy atom. The van der Waals surface area contributed by atoms with E-state index in [0.717, 1.165) is 57.6 Å². The molecule has 1 aromatic heterocycles. The summed E-state index contributed by atoms with van der Waals surface area (Å²) in [5, 5.41) is 9.17. The molecule has 4 aromatic carbocycles. The van der Waals surface area contributed by atoms with E-state index >= 15 is 0 Å². The summed E-state index contributed by atoms with van der Waals surface area (Å²) in [5.74, 6) is 1.06. The van der Waals surface area contributed by atoms with Gasteiger partial charge < -0.3 is 20.1 Å². The van der Waals surface area contributed by atoms with E-state index in [-0.39, 0.29) is 17.3 Å². The van der Waals surface area contributed by atoms with E-state index in [1.807, 2.05) is 92.9 Å². The Morgan fingerprint density at radius 2 is 1.76 bits per heavy atom. The highest BCUT2D eigenvalue weighted by molar-refractivity contribution is 7.89. The van der Waals surface area contributed by atoms with Crippen LogP contribution in [0.15, 0.2) is 108 Å². The van der Waals surface area contributed by atoms with Crippen LogP contribution in [0.3, 0.4) is 0 Å². The van der Waals surface area contributed by atoms with Crippen molar-refractivity contribution >= 4 is 49.0 Å². The molecule has 0 amide bonds. The van der Waals surface area contributed by atoms with Crippen LogP contribution in [0.25, 0.3) is 21.8 Å². The average molecular weight is 620 g/mol. The number of fused-ring (bicyclic) bond motifs is 2. The minimum absolute atomic E-state index is 0.0693. The lowest BCUT2D eigenvalue weighted by molar-refractivity contribution is 0.585. The monoisotopic (exact) mass is 619 g/mol. The number of benzene rings is 4. The van der Waals surface area contributed by atoms with Crippen LogP contribution in [-0.4, -0.2) is 51.0 Å². The molecule has 0 bridgehead atoms. The van der Waals surface area contributed by atoms with Crippen molar-refractivity contribution in [3.63, 3.8) is 0 Å². The first-order valence-corrected chi connectivity index (χ1v) is 16.3. The van der Waals surface area contributed by atoms with Crippen molar-refractivity contribution in [1.29, 1.82) is 5.41 Å². The normalized spacial score (nSPS) is 13.4. The second-order valence-electron chi connectivity index (χ2n) is 11.5. The van der Waals surface area contributed by atoms with Gasteiger partial charge in [-0.15, -0.1) is 0 Å². The van der Waals surface area contributed by atoms with Crippen molar-refractivity contribution in [2.45, 2.75) is 17.7 Å². The van der Waals surface area contributed by atoms with Crippen molar-refractivity contribution in [3.8, 4) is 0 Å². The van der Waals surface area contributed by atoms with E-state index in [9.17, 15) is 8.42 Å². The van der Waals surface area contributed by atoms with Crippen LogP contribution in [0.5, 0.6) is 0 Å². The van der Waals surface area contributed by atoms with Crippen molar-refractivity contribution in [2.24, 2.45) is 12.8 Å². The maximum absolute atomic E-state index is 13.5. The van der Waals surface area contributed by atoms with Crippen LogP contribution in [0.1, 0.15) is 17.0 Å². The molecule has 0 saturated heterocycles. The largest absolute Gasteiger partial charge is 0.384 e. The van der Waals surface area contributed by atoms with Gasteiger partial charge in [0.2, 0.25) is 10.0 Å². The van der Waals surface area contributed by atoms with Gasteiger partial charge in [0.15, 0.2) is 0 Å². The molecule has 5 aromatic rings. The molecule has 2 heterocycles. The molecule has 1 aliphatic rings. The third-order valence-electron chi connectivity index (χ3n) is 8.28. The number of hydrogen-bond acceptors (Lipinski definition) is 6. The Balaban J connectivity index is 1.14. The van der Waals surface area contributed by atoms with Crippen LogP contribution in [0.4, 0.5) is 11.4 Å². The number of allylic oxidation sites excluding steroid dienone is 2. The highest BCUT2D eigenvalue weighted by Gasteiger charge is 2.20. The van der Waals surface area contributed by atoms with Crippen LogP contribution in [0.2, 0.25) is 0 Å². The molecule has 230 valence electrons. The highest BCUT2D eigenvalue weighted by Crippen LogP contribution is 2.30. The predicted molar refractivity (Wildman–Crippen MR) is 184 cm³/mol. The number of aromatic nitrogens is 2. The summed E-state index contributed by atoms with van der Waals surface area (Å²) in [7, 11) is 2.19. The van der Waals surface area contributed by atoms with Gasteiger partial charge >= 0.3 is 0 Å². The van der Waals surface area contributed by atoms with Gasteiger partial charge in [-0.25, -0.2) is 18.1 Å². The molecule has 45 heavy (non-hydrogen) atoms. The molecule has 1 aliphatic heterocycles. The zero-order valence-electron chi connectivity index (χ0n) is 25.7. The molecule has 0 spiro atoms. The molecule has 0 fully saturated rings. The van der Waals surface area contributed by atoms with Gasteiger partial charge in [0.25, 0.3) is 0 Å². The molecular weight excluding hydrogens is 582 g/mol. The van der Waals surface area contributed by atoms with Gasteiger partial charge in [0, 0.05) is 74.6 Å². The van der Waals surface area contributed by atoms with Crippen LogP contribution in [0, 0.1) is 5.41 Å². The first-order valence-electron chi connectivity index (χ1n) is 14.8. The second-order valence-corrected chi connectivity index (χ2v) is 13.2. The summed E-state index contributed by atoms with van der Waals surface area (Å²) >= 11 is 0. The van der Waals surface area contributed by atoms with Gasteiger partial charge in [-0.3, -0.25) is 5.41 Å². The third-order valence-corrected chi connectivity index (χ3v) is 9.74. The van der Waals surface area contributed by atoms with E-state index in [4.69, 9.17) is 16.1 Å². The summed E-state index contributed by atoms with van der Waals surface area (Å²) in [6.45, 7) is 0.761. The van der Waals surface area contributed by atoms with E-state index in [0.29, 0.717) is 11.9 Å². The Bertz CT molecular complexity index is 2080. The quantitative estimate of drug-likeness (QED) is 0.148. The third kappa shape index (κ3) is 6.20. The number of nitrogens with one attached hydrogen (secondary N) is 2. The summed E-state index contributed by atoms with van der Waals surface area (Å²) in [6.07, 6.45) is 7.52. The number of aryl methyl sites for hydroxylation is 3. The molecule has 4 N–H and O–H groups in total. The fraction of sp³-hybridized carbons (Fsp3) is 0.200. The van der Waals surface area contributed by atoms with Crippen molar-refractivity contribution in [3.05, 3.63) is 120 Å². The highest BCUT2D eigenvalue weighted by atomic mass is 32.2. The van der Waals surface area contributed by atoms with E-state index in [1.165, 1.54) is 5.56 Å². The first kappa shape index (κ1) is 30.1. The van der Waals surface area contributed by atoms with Gasteiger partial charge in [0.05, 0.1) is 15.9 Å². The van der Waals surface area contributed by atoms with Crippen LogP contribution < -0.4 is 20.3 Å². The summed E-state index contributed by atoms with van der Waals surface area (Å²) in [5.41, 5.74) is 12.3. The van der Waals surface area contributed by atoms with Gasteiger partial charge in [0.1, 0.15) is 11.7 Å². The Morgan fingerprint density at radius 3 is 2.51 bits per heavy atom. The number of sulfonamides is 1. The lowest BCUT2D eigenvalue weighted by Gasteiger charge is -2.25. The molecular formula is C35H37N7O2S. The van der Waals surface area contributed by atoms with Gasteiger partial charge in [-0.1, -0.05) is 54.6 Å². The molecule has 10 heteroatoms. The zero-order valence-corrected chi connectivity index (χ0v) is 26.5. The number of rotatable bonds is 10. The predicted octanol–water partition coefficient (Wildman–Crippen LogP) is 5.10. The minimum Gasteiger partial charge on any atom is -0.384 e. The molecule has 0 atom stereocenters. The Hall–Kier alpha value is -4.93. The summed E-state index contributed by atoms with van der Waals surface area (Å²) < 4.78 is 31.9. The lowest BCUT2D eigenvalue weighted by Crippen LogP contribution is -2.31. The van der Waals surface area contributed by atoms with E-state index in [1.54, 1.807) is 12.1 Å². The molecule has 0 radical (unpaired) electrons. The summed E-state index contributed by atoms with van der Waals surface area (Å²) in [6, 6.07) is 25.1. The number of nitrogen functional groups attached to an aromatic ring is 1. The van der Waals surface area contributed by atoms with Crippen LogP contribution in [-0.2, 0) is 29.9 Å². The SMILES string of the molecule is CN(C)c1cccc2c(S(=O)(=O)NCC3=CC=CN(c4ccc5c(c4)nc(CCc4ccc(C(=N)N)cc4)n5C)C3)cccc12. The fourth-order valence-electron chi connectivity index (χ4n) is 5.80. The molecule has 9 nitrogen and oxygen atoms in total. The zero-order chi connectivity index (χ0) is 31.7. The summed E-state index contributed by atoms with van der Waals surface area (Å²) in [4.78, 5) is 9.31. The lowest BCUT2D eigenvalue weighted by atomic mass is 10.1. The Kier molecular flexibility index (Phi) is 8.18. The maximum atomic E-state index is 13.5. The molecule has 0 unspecified atom stereocenters. The van der Waals surface area contributed by atoms with Gasteiger partial charge in [-0.2, -0.15) is 0 Å². The number of imidazole rings is 1. The van der Waals surface area contributed by atoms with Crippen molar-refractivity contribution in [1.82, 2.24) is 14.3 Å². The fourth-order valence-corrected chi connectivity index (χ4v) is 7.06. The van der Waals surface area contributed by atoms with Crippen LogP contribution >= 0.6 is 0 Å². The molecule has 6 rings (SSSR count). The second kappa shape index (κ2) is 12.2. The smallest absolute Gasteiger partial charge is 0.241 e.